The molecule has 0 atom stereocenters. The van der Waals surface area contributed by atoms with Gasteiger partial charge < -0.3 is 43.6 Å². The molecule has 0 unspecified atom stereocenters. The van der Waals surface area contributed by atoms with E-state index in [2.05, 4.69) is 353 Å². The molecule has 0 nitrogen and oxygen atoms in total. The zero-order valence-electron chi connectivity index (χ0n) is 58.0. The summed E-state index contributed by atoms with van der Waals surface area (Å²) in [5, 5.41) is 21.2. The number of rotatable bonds is 7. The molecule has 0 amide bonds. The molecule has 0 saturated heterocycles. The molecule has 16 rings (SSSR count). The van der Waals surface area contributed by atoms with Crippen LogP contribution in [0.2, 0.25) is 13.1 Å². The number of aryl methyl sites for hydroxylation is 4. The molecule has 0 bridgehead atoms. The molecule has 0 aliphatic heterocycles. The van der Waals surface area contributed by atoms with Gasteiger partial charge in [-0.15, -0.1) is 138 Å². The summed E-state index contributed by atoms with van der Waals surface area (Å²) in [6.45, 7) is 19.6. The molecule has 0 N–H and O–H groups in total. The Kier molecular flexibility index (Phi) is 32.9. The maximum Gasteiger partial charge on any atom is 0.0184 e. The van der Waals surface area contributed by atoms with E-state index in [4.69, 9.17) is 0 Å². The first-order valence-electron chi connectivity index (χ1n) is 31.4. The quantitative estimate of drug-likeness (QED) is 0.0848. The number of hydrogen-bond acceptors (Lipinski definition) is 0. The van der Waals surface area contributed by atoms with Crippen molar-refractivity contribution < 1.29 is 43.4 Å². The molecular formula is C92H90Si2Ti2-10. The van der Waals surface area contributed by atoms with Crippen molar-refractivity contribution in [2.24, 2.45) is 0 Å². The van der Waals surface area contributed by atoms with Gasteiger partial charge in [0, 0.05) is 63.9 Å². The van der Waals surface area contributed by atoms with E-state index in [9.17, 15) is 0 Å². The predicted molar refractivity (Wildman–Crippen MR) is 427 cm³/mol. The predicted octanol–water partition coefficient (Wildman–Crippen LogP) is 27.2. The molecule has 0 aromatic heterocycles. The van der Waals surface area contributed by atoms with Gasteiger partial charge in [-0.2, -0.15) is 37.1 Å². The van der Waals surface area contributed by atoms with Gasteiger partial charge in [0.1, 0.15) is 0 Å². The van der Waals surface area contributed by atoms with Gasteiger partial charge in [-0.25, -0.2) is 0 Å². The average Bonchev–Trinajstić information content (AvgIpc) is 1.43. The molecule has 484 valence electrons. The molecule has 16 aromatic rings. The van der Waals surface area contributed by atoms with Crippen LogP contribution in [-0.2, 0) is 43.4 Å². The van der Waals surface area contributed by atoms with E-state index in [1.807, 2.05) is 0 Å². The van der Waals surface area contributed by atoms with Crippen molar-refractivity contribution in [1.29, 1.82) is 0 Å². The van der Waals surface area contributed by atoms with Gasteiger partial charge in [-0.05, 0) is 65.3 Å². The van der Waals surface area contributed by atoms with Crippen molar-refractivity contribution in [1.82, 2.24) is 0 Å². The standard InChI is InChI=1S/4C20H15.C6H12.2CH3Si.4CH3.2Ti/c4*1-14-12-16-8-5-11-19(20(16)13-14)18-10-4-7-15-6-2-3-9-17(15)18;1-3-5-6-4-2;2*1-2;;;;;;/h4*2-13H,1H3;1-6H2;2*1H3;4*1H3;;/q4*-1;-2;;;4*-1;;. The summed E-state index contributed by atoms with van der Waals surface area (Å²) < 4.78 is 0. The molecule has 6 radical (unpaired) electrons. The second-order valence-corrected chi connectivity index (χ2v) is 22.9. The van der Waals surface area contributed by atoms with Crippen molar-refractivity contribution in [3.05, 3.63) is 357 Å². The Morgan fingerprint density at radius 1 is 0.240 bits per heavy atom. The fourth-order valence-corrected chi connectivity index (χ4v) is 12.7. The van der Waals surface area contributed by atoms with Crippen LogP contribution in [0.4, 0.5) is 0 Å². The van der Waals surface area contributed by atoms with Crippen molar-refractivity contribution in [3.8, 4) is 44.5 Å². The topological polar surface area (TPSA) is 0 Å². The van der Waals surface area contributed by atoms with Crippen molar-refractivity contribution in [3.63, 3.8) is 0 Å². The SMILES string of the molecule is C[Si].C[Si].Cc1cc2c(-c3cccc4ccccc34)cccc2[cH-]1.Cc1cc2c(-c3cccc4ccccc34)cccc2[cH-]1.Cc1cc2c(-c3cccc4ccccc34)cccc2[cH-]1.Cc1cc2c(-c3cccc4ccccc34)cccc2[cH-]1.[CH2-]CCCC[CH2-].[CH3-].[CH3-].[CH3-].[CH3-].[Ti].[Ti]. The first kappa shape index (κ1) is 80.4. The minimum atomic E-state index is 0. The van der Waals surface area contributed by atoms with E-state index >= 15 is 0 Å². The fraction of sp³-hybridized carbons (Fsp3) is 0.109. The average molecular weight is 1350 g/mol. The number of hydrogen-bond donors (Lipinski definition) is 0. The Morgan fingerprint density at radius 3 is 0.604 bits per heavy atom. The van der Waals surface area contributed by atoms with Crippen LogP contribution in [0.5, 0.6) is 0 Å². The minimum Gasteiger partial charge on any atom is -0.358 e. The van der Waals surface area contributed by atoms with Crippen LogP contribution in [0.25, 0.3) is 131 Å². The maximum absolute atomic E-state index is 3.70. The Bertz CT molecular complexity index is 4340. The van der Waals surface area contributed by atoms with Crippen LogP contribution < -0.4 is 0 Å². The number of unbranched alkanes of at least 4 members (excludes halogenated alkanes) is 3. The third-order valence-electron chi connectivity index (χ3n) is 16.6. The monoisotopic (exact) mass is 1350 g/mol. The Hall–Kier alpha value is -8.02. The minimum absolute atomic E-state index is 0. The van der Waals surface area contributed by atoms with Crippen LogP contribution in [-0.4, -0.2) is 20.5 Å². The van der Waals surface area contributed by atoms with Crippen LogP contribution >= 0.6 is 0 Å². The second-order valence-electron chi connectivity index (χ2n) is 22.9. The van der Waals surface area contributed by atoms with E-state index in [1.165, 1.54) is 166 Å². The zero-order valence-corrected chi connectivity index (χ0v) is 63.1. The smallest absolute Gasteiger partial charge is 0.0184 e. The summed E-state index contributed by atoms with van der Waals surface area (Å²) in [7, 11) is 5.94. The Balaban J connectivity index is 0.000000255. The number of benzene rings is 12. The normalized spacial score (nSPS) is 10.1. The zero-order chi connectivity index (χ0) is 62.9. The van der Waals surface area contributed by atoms with Gasteiger partial charge in [-0.1, -0.05) is 270 Å². The maximum atomic E-state index is 3.70. The first-order chi connectivity index (χ1) is 44.2. The molecule has 0 fully saturated rings. The fourth-order valence-electron chi connectivity index (χ4n) is 12.7. The summed E-state index contributed by atoms with van der Waals surface area (Å²) in [6, 6.07) is 105. The molecule has 16 aromatic carbocycles. The largest absolute Gasteiger partial charge is 0.358 e. The molecule has 0 spiro atoms. The Labute approximate surface area is 612 Å². The van der Waals surface area contributed by atoms with Crippen LogP contribution in [0.3, 0.4) is 0 Å². The molecular weight excluding hydrogens is 1260 g/mol. The first-order valence-corrected chi connectivity index (χ1v) is 33.4. The van der Waals surface area contributed by atoms with E-state index < -0.39 is 0 Å². The van der Waals surface area contributed by atoms with Crippen molar-refractivity contribution in [2.75, 3.05) is 0 Å². The molecule has 0 aliphatic rings. The molecule has 0 heterocycles. The van der Waals surface area contributed by atoms with E-state index in [-0.39, 0.29) is 73.1 Å². The van der Waals surface area contributed by atoms with E-state index in [0.717, 1.165) is 12.8 Å². The second kappa shape index (κ2) is 39.3. The van der Waals surface area contributed by atoms with Gasteiger partial charge in [-0.3, -0.25) is 0 Å². The Morgan fingerprint density at radius 2 is 0.406 bits per heavy atom. The molecule has 4 heteroatoms. The molecule has 0 saturated carbocycles. The van der Waals surface area contributed by atoms with E-state index in [0.29, 0.717) is 0 Å². The van der Waals surface area contributed by atoms with Crippen LogP contribution in [0, 0.1) is 71.2 Å². The summed E-state index contributed by atoms with van der Waals surface area (Å²) in [4.78, 5) is 0. The van der Waals surface area contributed by atoms with Gasteiger partial charge in [0.15, 0.2) is 0 Å². The van der Waals surface area contributed by atoms with E-state index in [1.54, 1.807) is 13.1 Å². The van der Waals surface area contributed by atoms with Gasteiger partial charge in [0.2, 0.25) is 0 Å². The third kappa shape index (κ3) is 18.5. The summed E-state index contributed by atoms with van der Waals surface area (Å²) in [6.07, 6.45) is 4.61. The summed E-state index contributed by atoms with van der Waals surface area (Å²) in [5.74, 6) is 0. The van der Waals surface area contributed by atoms with Crippen LogP contribution in [0.15, 0.2) is 291 Å². The van der Waals surface area contributed by atoms with Gasteiger partial charge in [0.05, 0.1) is 0 Å². The van der Waals surface area contributed by atoms with Crippen molar-refractivity contribution >= 4 is 107 Å². The van der Waals surface area contributed by atoms with Crippen LogP contribution in [0.1, 0.15) is 47.9 Å². The van der Waals surface area contributed by atoms with Crippen molar-refractivity contribution in [2.45, 2.75) is 66.5 Å². The molecule has 96 heavy (non-hydrogen) atoms. The van der Waals surface area contributed by atoms with Gasteiger partial charge >= 0.3 is 0 Å². The van der Waals surface area contributed by atoms with Gasteiger partial charge in [0.25, 0.3) is 0 Å². The third-order valence-corrected chi connectivity index (χ3v) is 16.6. The molecule has 0 aliphatic carbocycles. The number of fused-ring (bicyclic) bond motifs is 8. The summed E-state index contributed by atoms with van der Waals surface area (Å²) >= 11 is 0. The summed E-state index contributed by atoms with van der Waals surface area (Å²) in [5.41, 5.74) is 15.9.